The van der Waals surface area contributed by atoms with Gasteiger partial charge in [-0.25, -0.2) is 0 Å². The van der Waals surface area contributed by atoms with Crippen molar-refractivity contribution in [1.82, 2.24) is 5.32 Å². The molecule has 0 heterocycles. The average molecular weight is 213 g/mol. The molecule has 90 valence electrons. The summed E-state index contributed by atoms with van der Waals surface area (Å²) in [6.07, 6.45) is 4.66. The highest BCUT2D eigenvalue weighted by atomic mass is 16.3. The smallest absolute Gasteiger partial charge is 0.0743 e. The summed E-state index contributed by atoms with van der Waals surface area (Å²) in [5, 5.41) is 13.6. The predicted octanol–water partition coefficient (Wildman–Crippen LogP) is 2.56. The maximum Gasteiger partial charge on any atom is 0.0743 e. The van der Waals surface area contributed by atoms with Crippen LogP contribution in [0.4, 0.5) is 0 Å². The Morgan fingerprint density at radius 3 is 2.40 bits per heavy atom. The normalized spacial score (nSPS) is 22.8. The van der Waals surface area contributed by atoms with Gasteiger partial charge in [0.05, 0.1) is 5.60 Å². The monoisotopic (exact) mass is 213 g/mol. The van der Waals surface area contributed by atoms with E-state index in [9.17, 15) is 5.11 Å². The lowest BCUT2D eigenvalue weighted by atomic mass is 9.96. The number of hydrogen-bond donors (Lipinski definition) is 2. The third kappa shape index (κ3) is 4.52. The van der Waals surface area contributed by atoms with Gasteiger partial charge in [0.15, 0.2) is 0 Å². The molecule has 1 saturated carbocycles. The van der Waals surface area contributed by atoms with Crippen molar-refractivity contribution in [2.75, 3.05) is 6.54 Å². The van der Waals surface area contributed by atoms with Crippen LogP contribution in [0.15, 0.2) is 0 Å². The maximum atomic E-state index is 10.1. The van der Waals surface area contributed by atoms with E-state index in [1.165, 1.54) is 12.8 Å². The fourth-order valence-corrected chi connectivity index (χ4v) is 2.37. The molecule has 1 fully saturated rings. The SMILES string of the molecule is CCCC(C)(O)CNC(C(C)C)C1CC1. The molecule has 2 atom stereocenters. The van der Waals surface area contributed by atoms with Crippen molar-refractivity contribution >= 4 is 0 Å². The van der Waals surface area contributed by atoms with Crippen molar-refractivity contribution in [1.29, 1.82) is 0 Å². The molecule has 0 spiro atoms. The van der Waals surface area contributed by atoms with Gasteiger partial charge in [-0.15, -0.1) is 0 Å². The molecule has 0 aromatic heterocycles. The zero-order chi connectivity index (χ0) is 11.5. The minimum absolute atomic E-state index is 0.531. The Bertz CT molecular complexity index is 183. The van der Waals surface area contributed by atoms with E-state index in [0.717, 1.165) is 25.3 Å². The molecule has 1 aliphatic carbocycles. The second kappa shape index (κ2) is 5.31. The summed E-state index contributed by atoms with van der Waals surface area (Å²) in [7, 11) is 0. The maximum absolute atomic E-state index is 10.1. The van der Waals surface area contributed by atoms with Gasteiger partial charge >= 0.3 is 0 Å². The van der Waals surface area contributed by atoms with Crippen molar-refractivity contribution in [2.24, 2.45) is 11.8 Å². The van der Waals surface area contributed by atoms with Gasteiger partial charge in [-0.2, -0.15) is 0 Å². The molecule has 2 unspecified atom stereocenters. The highest BCUT2D eigenvalue weighted by Gasteiger charge is 2.34. The van der Waals surface area contributed by atoms with Crippen LogP contribution in [-0.4, -0.2) is 23.3 Å². The van der Waals surface area contributed by atoms with Crippen molar-refractivity contribution in [3.63, 3.8) is 0 Å². The summed E-state index contributed by atoms with van der Waals surface area (Å²) >= 11 is 0. The molecular formula is C13H27NO. The van der Waals surface area contributed by atoms with Crippen molar-refractivity contribution in [2.45, 2.75) is 65.0 Å². The molecular weight excluding hydrogens is 186 g/mol. The largest absolute Gasteiger partial charge is 0.389 e. The molecule has 1 rings (SSSR count). The third-order valence-corrected chi connectivity index (χ3v) is 3.36. The van der Waals surface area contributed by atoms with Crippen LogP contribution in [0.1, 0.15) is 53.4 Å². The van der Waals surface area contributed by atoms with E-state index < -0.39 is 5.60 Å². The minimum atomic E-state index is -0.531. The molecule has 0 aliphatic heterocycles. The fraction of sp³-hybridized carbons (Fsp3) is 1.00. The van der Waals surface area contributed by atoms with Crippen LogP contribution >= 0.6 is 0 Å². The average Bonchev–Trinajstić information content (AvgIpc) is 2.87. The standard InChI is InChI=1S/C13H27NO/c1-5-8-13(4,15)9-14-12(10(2)3)11-6-7-11/h10-12,14-15H,5-9H2,1-4H3. The minimum Gasteiger partial charge on any atom is -0.389 e. The topological polar surface area (TPSA) is 32.3 Å². The van der Waals surface area contributed by atoms with E-state index in [1.54, 1.807) is 0 Å². The molecule has 2 nitrogen and oxygen atoms in total. The van der Waals surface area contributed by atoms with Crippen LogP contribution in [-0.2, 0) is 0 Å². The first-order valence-corrected chi connectivity index (χ1v) is 6.42. The lowest BCUT2D eigenvalue weighted by Crippen LogP contribution is -2.45. The molecule has 2 N–H and O–H groups in total. The number of aliphatic hydroxyl groups is 1. The Morgan fingerprint density at radius 1 is 1.40 bits per heavy atom. The molecule has 15 heavy (non-hydrogen) atoms. The van der Waals surface area contributed by atoms with E-state index in [0.29, 0.717) is 12.0 Å². The van der Waals surface area contributed by atoms with Crippen LogP contribution in [0.3, 0.4) is 0 Å². The summed E-state index contributed by atoms with van der Waals surface area (Å²) < 4.78 is 0. The van der Waals surface area contributed by atoms with Gasteiger partial charge in [0.1, 0.15) is 0 Å². The summed E-state index contributed by atoms with van der Waals surface area (Å²) in [6.45, 7) is 9.33. The molecule has 0 radical (unpaired) electrons. The van der Waals surface area contributed by atoms with Crippen LogP contribution in [0, 0.1) is 11.8 Å². The van der Waals surface area contributed by atoms with Crippen LogP contribution in [0.2, 0.25) is 0 Å². The number of hydrogen-bond acceptors (Lipinski definition) is 2. The summed E-state index contributed by atoms with van der Waals surface area (Å²) in [4.78, 5) is 0. The zero-order valence-corrected chi connectivity index (χ0v) is 10.7. The second-order valence-electron chi connectivity index (χ2n) is 5.74. The summed E-state index contributed by atoms with van der Waals surface area (Å²) in [6, 6.07) is 0.605. The molecule has 0 saturated heterocycles. The Morgan fingerprint density at radius 2 is 2.00 bits per heavy atom. The molecule has 0 bridgehead atoms. The second-order valence-corrected chi connectivity index (χ2v) is 5.74. The molecule has 2 heteroatoms. The molecule has 0 aromatic carbocycles. The first-order chi connectivity index (χ1) is 6.96. The summed E-state index contributed by atoms with van der Waals surface area (Å²) in [5.41, 5.74) is -0.531. The van der Waals surface area contributed by atoms with Crippen LogP contribution < -0.4 is 5.32 Å². The van der Waals surface area contributed by atoms with Gasteiger partial charge in [0.25, 0.3) is 0 Å². The van der Waals surface area contributed by atoms with Gasteiger partial charge in [-0.3, -0.25) is 0 Å². The van der Waals surface area contributed by atoms with Crippen molar-refractivity contribution < 1.29 is 5.11 Å². The van der Waals surface area contributed by atoms with Gasteiger partial charge in [-0.1, -0.05) is 27.2 Å². The molecule has 0 amide bonds. The Kier molecular flexibility index (Phi) is 4.60. The predicted molar refractivity (Wildman–Crippen MR) is 64.9 cm³/mol. The van der Waals surface area contributed by atoms with Crippen molar-refractivity contribution in [3.05, 3.63) is 0 Å². The highest BCUT2D eigenvalue weighted by Crippen LogP contribution is 2.35. The lowest BCUT2D eigenvalue weighted by molar-refractivity contribution is 0.0444. The van der Waals surface area contributed by atoms with Gasteiger partial charge in [-0.05, 0) is 38.0 Å². The Labute approximate surface area is 94.5 Å². The molecule has 1 aliphatic rings. The number of nitrogens with one attached hydrogen (secondary N) is 1. The van der Waals surface area contributed by atoms with Gasteiger partial charge in [0.2, 0.25) is 0 Å². The fourth-order valence-electron chi connectivity index (χ4n) is 2.37. The zero-order valence-electron chi connectivity index (χ0n) is 10.7. The first kappa shape index (κ1) is 13.0. The number of rotatable bonds is 7. The van der Waals surface area contributed by atoms with E-state index in [-0.39, 0.29) is 0 Å². The highest BCUT2D eigenvalue weighted by molar-refractivity contribution is 4.90. The lowest BCUT2D eigenvalue weighted by Gasteiger charge is -2.29. The van der Waals surface area contributed by atoms with Gasteiger partial charge < -0.3 is 10.4 Å². The Hall–Kier alpha value is -0.0800. The van der Waals surface area contributed by atoms with E-state index >= 15 is 0 Å². The quantitative estimate of drug-likeness (QED) is 0.681. The van der Waals surface area contributed by atoms with E-state index in [4.69, 9.17) is 0 Å². The van der Waals surface area contributed by atoms with Gasteiger partial charge in [0, 0.05) is 12.6 Å². The van der Waals surface area contributed by atoms with E-state index in [2.05, 4.69) is 26.1 Å². The first-order valence-electron chi connectivity index (χ1n) is 6.42. The van der Waals surface area contributed by atoms with Crippen LogP contribution in [0.25, 0.3) is 0 Å². The molecule has 0 aromatic rings. The van der Waals surface area contributed by atoms with Crippen molar-refractivity contribution in [3.8, 4) is 0 Å². The van der Waals surface area contributed by atoms with E-state index in [1.807, 2.05) is 6.92 Å². The summed E-state index contributed by atoms with van der Waals surface area (Å²) in [5.74, 6) is 1.54. The Balaban J connectivity index is 2.32. The third-order valence-electron chi connectivity index (χ3n) is 3.36. The van der Waals surface area contributed by atoms with Crippen LogP contribution in [0.5, 0.6) is 0 Å².